The number of hydrogen-bond donors (Lipinski definition) is 7. The monoisotopic (exact) mass is 804 g/mol. The van der Waals surface area contributed by atoms with Crippen LogP contribution in [0.4, 0.5) is 25.0 Å². The second-order valence-corrected chi connectivity index (χ2v) is 16.2. The molecule has 3 aromatic rings. The molecule has 0 bridgehead atoms. The number of aromatic nitrogens is 1. The van der Waals surface area contributed by atoms with Crippen molar-refractivity contribution in [2.75, 3.05) is 43.1 Å². The van der Waals surface area contributed by atoms with E-state index in [2.05, 4.69) is 15.0 Å². The Morgan fingerprint density at radius 2 is 1.77 bits per heavy atom. The van der Waals surface area contributed by atoms with Crippen LogP contribution in [-0.2, 0) is 29.8 Å². The lowest BCUT2D eigenvalue weighted by molar-refractivity contribution is -0.141. The number of ether oxygens (including phenoxy) is 3. The Labute approximate surface area is 303 Å². The molecule has 0 aliphatic carbocycles. The smallest absolute Gasteiger partial charge is 0.414 e. The summed E-state index contributed by atoms with van der Waals surface area (Å²) >= 11 is 5.06. The number of nitrogens with one attached hydrogen (secondary N) is 1. The molecule has 0 spiro atoms. The molecule has 1 aromatic heterocycles. The summed E-state index contributed by atoms with van der Waals surface area (Å²) in [5, 5.41) is 22.8. The van der Waals surface area contributed by atoms with Crippen molar-refractivity contribution in [3.63, 3.8) is 0 Å². The zero-order chi connectivity index (χ0) is 38.7. The third-order valence-corrected chi connectivity index (χ3v) is 12.1. The SMILES string of the molecule is O=C([C@@H](O)COC(=S)Nc1ccc(CC(O)(P(=O)(O)O)P(=O)(O)O)cc1)N1CC=C(c2c(F)cc(N3C[C@H](COc4ccon4)OC3=O)cc2F)CC1. The van der Waals surface area contributed by atoms with Gasteiger partial charge in [0, 0.05) is 36.8 Å². The van der Waals surface area contributed by atoms with Crippen LogP contribution in [0.2, 0.25) is 0 Å². The Balaban J connectivity index is 1.11. The van der Waals surface area contributed by atoms with Crippen LogP contribution in [-0.4, -0.2) is 107 Å². The molecular weight excluding hydrogens is 772 g/mol. The average molecular weight is 805 g/mol. The first-order valence-corrected chi connectivity index (χ1v) is 19.0. The molecule has 53 heavy (non-hydrogen) atoms. The quantitative estimate of drug-likeness (QED) is 0.0966. The minimum Gasteiger partial charge on any atom is -0.471 e. The molecule has 2 aliphatic rings. The first-order valence-electron chi connectivity index (χ1n) is 15.4. The van der Waals surface area contributed by atoms with Crippen LogP contribution in [0.5, 0.6) is 5.88 Å². The maximum absolute atomic E-state index is 15.3. The lowest BCUT2D eigenvalue weighted by Crippen LogP contribution is -2.43. The molecule has 2 aromatic carbocycles. The van der Waals surface area contributed by atoms with Crippen LogP contribution in [0.25, 0.3) is 5.57 Å². The summed E-state index contributed by atoms with van der Waals surface area (Å²) in [6, 6.07) is 8.50. The van der Waals surface area contributed by atoms with Crippen molar-refractivity contribution < 1.29 is 76.0 Å². The molecule has 7 N–H and O–H groups in total. The van der Waals surface area contributed by atoms with Gasteiger partial charge in [0.05, 0.1) is 12.2 Å². The number of carbonyl (C=O) groups excluding carboxylic acids is 2. The van der Waals surface area contributed by atoms with E-state index >= 15 is 8.78 Å². The highest BCUT2D eigenvalue weighted by atomic mass is 32.1. The van der Waals surface area contributed by atoms with E-state index in [1.165, 1.54) is 47.6 Å². The number of nitrogens with zero attached hydrogens (tertiary/aromatic N) is 3. The molecule has 3 heterocycles. The Kier molecular flexibility index (Phi) is 12.0. The second-order valence-electron chi connectivity index (χ2n) is 11.8. The van der Waals surface area contributed by atoms with Crippen LogP contribution in [0.15, 0.2) is 59.3 Å². The summed E-state index contributed by atoms with van der Waals surface area (Å²) in [5.74, 6) is -2.44. The summed E-state index contributed by atoms with van der Waals surface area (Å²) in [6.07, 6.45) is -1.52. The van der Waals surface area contributed by atoms with Crippen LogP contribution in [0.1, 0.15) is 17.5 Å². The minimum atomic E-state index is -5.66. The van der Waals surface area contributed by atoms with E-state index in [1.54, 1.807) is 0 Å². The lowest BCUT2D eigenvalue weighted by Gasteiger charge is -2.29. The molecule has 2 atom stereocenters. The maximum Gasteiger partial charge on any atom is 0.414 e. The van der Waals surface area contributed by atoms with Crippen LogP contribution in [0.3, 0.4) is 0 Å². The number of rotatable bonds is 13. The molecule has 286 valence electrons. The lowest BCUT2D eigenvalue weighted by atomic mass is 9.97. The van der Waals surface area contributed by atoms with E-state index in [0.29, 0.717) is 0 Å². The van der Waals surface area contributed by atoms with E-state index in [9.17, 15) is 48.5 Å². The Morgan fingerprint density at radius 1 is 1.11 bits per heavy atom. The number of cyclic esters (lactones) is 1. The molecule has 0 saturated carbocycles. The third kappa shape index (κ3) is 9.26. The summed E-state index contributed by atoms with van der Waals surface area (Å²) in [4.78, 5) is 64.9. The number of carbonyl (C=O) groups is 2. The van der Waals surface area contributed by atoms with Gasteiger partial charge in [-0.1, -0.05) is 18.2 Å². The molecule has 18 nitrogen and oxygen atoms in total. The first-order chi connectivity index (χ1) is 24.9. The van der Waals surface area contributed by atoms with Crippen LogP contribution in [0, 0.1) is 11.6 Å². The third-order valence-electron chi connectivity index (χ3n) is 8.12. The number of hydrogen-bond acceptors (Lipinski definition) is 12. The van der Waals surface area contributed by atoms with Gasteiger partial charge in [0.25, 0.3) is 22.0 Å². The number of anilines is 2. The van der Waals surface area contributed by atoms with E-state index in [4.69, 9.17) is 26.4 Å². The number of aliphatic hydroxyl groups excluding tert-OH is 1. The number of thiocarbonyl (C=S) groups is 1. The molecule has 1 saturated heterocycles. The van der Waals surface area contributed by atoms with Gasteiger partial charge >= 0.3 is 21.3 Å². The standard InChI is InChI=1S/C30H32F2N4O14P2S/c31-22-11-20(36-14-21(50-29(36)39)15-47-25-7-10-49-34-25)12-23(32)26(22)18-5-8-35(9-6-18)27(38)24(37)16-48-28(53)33-19-3-1-17(2-4-19)13-30(40,51(41,42)43)52(44,45)46/h1-5,7,10-12,21,24,37,40H,6,8-9,13-16H2,(H,33,53)(H2,41,42,43)(H2,44,45,46)/t21-,24+/m1/s1. The van der Waals surface area contributed by atoms with E-state index in [1.807, 2.05) is 0 Å². The van der Waals surface area contributed by atoms with Gasteiger partial charge in [-0.2, -0.15) is 0 Å². The molecule has 23 heteroatoms. The Morgan fingerprint density at radius 3 is 2.34 bits per heavy atom. The van der Waals surface area contributed by atoms with Gasteiger partial charge in [0.1, 0.15) is 31.1 Å². The predicted octanol–water partition coefficient (Wildman–Crippen LogP) is 2.29. The minimum absolute atomic E-state index is 0.00220. The van der Waals surface area contributed by atoms with Crippen LogP contribution < -0.4 is 15.0 Å². The van der Waals surface area contributed by atoms with E-state index in [-0.39, 0.29) is 71.8 Å². The molecule has 0 radical (unpaired) electrons. The first kappa shape index (κ1) is 39.9. The fraction of sp³-hybridized carbons (Fsp3) is 0.333. The van der Waals surface area contributed by atoms with Crippen molar-refractivity contribution in [3.8, 4) is 5.88 Å². The van der Waals surface area contributed by atoms with Gasteiger partial charge in [-0.3, -0.25) is 18.8 Å². The number of halogens is 2. The molecule has 5 rings (SSSR count). The fourth-order valence-corrected chi connectivity index (χ4v) is 7.66. The van der Waals surface area contributed by atoms with Gasteiger partial charge in [0.2, 0.25) is 0 Å². The highest BCUT2D eigenvalue weighted by molar-refractivity contribution is 7.80. The molecular formula is C30H32F2N4O14P2S. The Bertz CT molecular complexity index is 1930. The van der Waals surface area contributed by atoms with Crippen molar-refractivity contribution in [1.29, 1.82) is 0 Å². The van der Waals surface area contributed by atoms with Gasteiger partial charge in [0.15, 0.2) is 12.2 Å². The fourth-order valence-electron chi connectivity index (χ4n) is 5.34. The largest absolute Gasteiger partial charge is 0.471 e. The molecule has 2 aliphatic heterocycles. The topological polar surface area (TPSA) is 262 Å². The van der Waals surface area contributed by atoms with Gasteiger partial charge in [-0.15, -0.1) is 0 Å². The van der Waals surface area contributed by atoms with Crippen molar-refractivity contribution in [2.45, 2.75) is 30.1 Å². The summed E-state index contributed by atoms with van der Waals surface area (Å²) in [5.41, 5.74) is 0.0939. The van der Waals surface area contributed by atoms with E-state index in [0.717, 1.165) is 17.0 Å². The zero-order valence-corrected chi connectivity index (χ0v) is 29.8. The van der Waals surface area contributed by atoms with E-state index < -0.39 is 69.1 Å². The van der Waals surface area contributed by atoms with Gasteiger partial charge < -0.3 is 58.7 Å². The number of benzene rings is 2. The van der Waals surface area contributed by atoms with Crippen molar-refractivity contribution in [3.05, 3.63) is 77.6 Å². The highest BCUT2D eigenvalue weighted by Gasteiger charge is 2.59. The Hall–Kier alpha value is -4.30. The van der Waals surface area contributed by atoms with Crippen molar-refractivity contribution in [1.82, 2.24) is 10.1 Å². The van der Waals surface area contributed by atoms with Crippen molar-refractivity contribution in [2.24, 2.45) is 0 Å². The summed E-state index contributed by atoms with van der Waals surface area (Å²) in [6.45, 7) is -0.764. The molecule has 2 amide bonds. The van der Waals surface area contributed by atoms with Crippen molar-refractivity contribution >= 4 is 61.5 Å². The second kappa shape index (κ2) is 16.0. The molecule has 1 fully saturated rings. The zero-order valence-electron chi connectivity index (χ0n) is 27.2. The van der Waals surface area contributed by atoms with Gasteiger partial charge in [-0.05, 0) is 59.2 Å². The highest BCUT2D eigenvalue weighted by Crippen LogP contribution is 2.68. The maximum atomic E-state index is 15.3. The summed E-state index contributed by atoms with van der Waals surface area (Å²) in [7, 11) is -11.3. The normalized spacial score (nSPS) is 17.2. The molecule has 0 unspecified atom stereocenters. The number of amides is 2. The average Bonchev–Trinajstić information content (AvgIpc) is 3.75. The number of aliphatic hydroxyl groups is 2. The van der Waals surface area contributed by atoms with Crippen LogP contribution >= 0.6 is 27.4 Å². The van der Waals surface area contributed by atoms with Gasteiger partial charge in [-0.25, -0.2) is 13.6 Å². The summed E-state index contributed by atoms with van der Waals surface area (Å²) < 4.78 is 74.2. The predicted molar refractivity (Wildman–Crippen MR) is 183 cm³/mol.